The SMILES string of the molecule is CCNC(=NCc1ccc(OCc2ccccn2)cc1)N1CCOC(C2CCCO2)C1. The van der Waals surface area contributed by atoms with Crippen LogP contribution < -0.4 is 10.1 Å². The molecule has 2 fully saturated rings. The van der Waals surface area contributed by atoms with Gasteiger partial charge in [0, 0.05) is 32.4 Å². The van der Waals surface area contributed by atoms with Gasteiger partial charge in [0.1, 0.15) is 18.5 Å². The summed E-state index contributed by atoms with van der Waals surface area (Å²) in [7, 11) is 0. The van der Waals surface area contributed by atoms with Gasteiger partial charge in [-0.15, -0.1) is 0 Å². The van der Waals surface area contributed by atoms with Crippen LogP contribution in [-0.2, 0) is 22.6 Å². The minimum Gasteiger partial charge on any atom is -0.487 e. The Balaban J connectivity index is 1.33. The Morgan fingerprint density at radius 3 is 2.77 bits per heavy atom. The summed E-state index contributed by atoms with van der Waals surface area (Å²) < 4.78 is 17.6. The van der Waals surface area contributed by atoms with Crippen LogP contribution in [0.3, 0.4) is 0 Å². The number of rotatable bonds is 7. The number of aliphatic imine (C=N–C) groups is 1. The van der Waals surface area contributed by atoms with Gasteiger partial charge in [0.05, 0.1) is 24.9 Å². The largest absolute Gasteiger partial charge is 0.487 e. The second kappa shape index (κ2) is 11.1. The normalized spacial score (nSPS) is 21.8. The van der Waals surface area contributed by atoms with Crippen molar-refractivity contribution in [1.29, 1.82) is 0 Å². The molecule has 1 N–H and O–H groups in total. The van der Waals surface area contributed by atoms with E-state index in [1.807, 2.05) is 30.3 Å². The van der Waals surface area contributed by atoms with Gasteiger partial charge in [-0.05, 0) is 49.6 Å². The second-order valence-electron chi connectivity index (χ2n) is 7.83. The second-order valence-corrected chi connectivity index (χ2v) is 7.83. The van der Waals surface area contributed by atoms with Crippen LogP contribution in [-0.4, -0.2) is 60.9 Å². The lowest BCUT2D eigenvalue weighted by Gasteiger charge is -2.37. The van der Waals surface area contributed by atoms with Crippen molar-refractivity contribution in [3.05, 3.63) is 59.9 Å². The van der Waals surface area contributed by atoms with E-state index >= 15 is 0 Å². The third-order valence-electron chi connectivity index (χ3n) is 5.56. The Hall–Kier alpha value is -2.64. The Kier molecular flexibility index (Phi) is 7.74. The lowest BCUT2D eigenvalue weighted by atomic mass is 10.1. The molecular weight excluding hydrogens is 392 g/mol. The standard InChI is InChI=1S/C24H32N4O3/c1-2-25-24(28-13-15-30-23(17-28)22-7-5-14-29-22)27-16-19-8-10-21(11-9-19)31-18-20-6-3-4-12-26-20/h3-4,6,8-12,22-23H,2,5,7,13-18H2,1H3,(H,25,27). The van der Waals surface area contributed by atoms with Gasteiger partial charge in [-0.1, -0.05) is 18.2 Å². The Morgan fingerprint density at radius 1 is 1.16 bits per heavy atom. The molecule has 0 amide bonds. The fourth-order valence-corrected chi connectivity index (χ4v) is 3.91. The first-order chi connectivity index (χ1) is 15.3. The molecule has 2 saturated heterocycles. The maximum atomic E-state index is 5.98. The summed E-state index contributed by atoms with van der Waals surface area (Å²) in [6, 6.07) is 13.9. The molecule has 7 nitrogen and oxygen atoms in total. The molecule has 1 aromatic heterocycles. The van der Waals surface area contributed by atoms with Crippen molar-refractivity contribution in [2.45, 2.75) is 45.1 Å². The smallest absolute Gasteiger partial charge is 0.194 e. The van der Waals surface area contributed by atoms with Crippen LogP contribution in [0.15, 0.2) is 53.7 Å². The van der Waals surface area contributed by atoms with E-state index in [2.05, 4.69) is 34.3 Å². The monoisotopic (exact) mass is 424 g/mol. The van der Waals surface area contributed by atoms with Crippen molar-refractivity contribution in [3.8, 4) is 5.75 Å². The van der Waals surface area contributed by atoms with Crippen molar-refractivity contribution >= 4 is 5.96 Å². The van der Waals surface area contributed by atoms with Gasteiger partial charge < -0.3 is 24.4 Å². The molecule has 3 heterocycles. The zero-order valence-electron chi connectivity index (χ0n) is 18.2. The average Bonchev–Trinajstić information content (AvgIpc) is 3.37. The predicted molar refractivity (Wildman–Crippen MR) is 120 cm³/mol. The molecule has 1 aromatic carbocycles. The molecule has 31 heavy (non-hydrogen) atoms. The molecule has 2 atom stereocenters. The lowest BCUT2D eigenvalue weighted by Crippen LogP contribution is -2.53. The summed E-state index contributed by atoms with van der Waals surface area (Å²) >= 11 is 0. The zero-order valence-corrected chi connectivity index (χ0v) is 18.2. The molecule has 0 aliphatic carbocycles. The summed E-state index contributed by atoms with van der Waals surface area (Å²) in [4.78, 5) is 11.5. The maximum absolute atomic E-state index is 5.98. The van der Waals surface area contributed by atoms with E-state index in [0.29, 0.717) is 19.8 Å². The molecule has 2 aliphatic rings. The number of pyridine rings is 1. The first kappa shape index (κ1) is 21.6. The van der Waals surface area contributed by atoms with E-state index in [1.165, 1.54) is 0 Å². The number of ether oxygens (including phenoxy) is 3. The van der Waals surface area contributed by atoms with Crippen molar-refractivity contribution in [2.75, 3.05) is 32.8 Å². The van der Waals surface area contributed by atoms with Crippen LogP contribution in [0.2, 0.25) is 0 Å². The van der Waals surface area contributed by atoms with Gasteiger partial charge in [0.2, 0.25) is 0 Å². The number of benzene rings is 1. The molecular formula is C24H32N4O3. The molecule has 0 radical (unpaired) electrons. The molecule has 2 unspecified atom stereocenters. The number of hydrogen-bond acceptors (Lipinski definition) is 5. The minimum absolute atomic E-state index is 0.121. The number of aromatic nitrogens is 1. The molecule has 2 aliphatic heterocycles. The Morgan fingerprint density at radius 2 is 2.03 bits per heavy atom. The van der Waals surface area contributed by atoms with E-state index in [9.17, 15) is 0 Å². The van der Waals surface area contributed by atoms with Gasteiger partial charge in [0.15, 0.2) is 5.96 Å². The average molecular weight is 425 g/mol. The van der Waals surface area contributed by atoms with Crippen LogP contribution in [0.5, 0.6) is 5.75 Å². The van der Waals surface area contributed by atoms with E-state index in [1.54, 1.807) is 6.20 Å². The third kappa shape index (κ3) is 6.18. The number of guanidine groups is 1. The number of hydrogen-bond donors (Lipinski definition) is 1. The van der Waals surface area contributed by atoms with Gasteiger partial charge in [-0.3, -0.25) is 4.98 Å². The number of morpholine rings is 1. The highest BCUT2D eigenvalue weighted by atomic mass is 16.5. The van der Waals surface area contributed by atoms with Crippen molar-refractivity contribution in [2.24, 2.45) is 4.99 Å². The zero-order chi connectivity index (χ0) is 21.3. The van der Waals surface area contributed by atoms with E-state index in [-0.39, 0.29) is 12.2 Å². The molecule has 0 saturated carbocycles. The number of nitrogens with one attached hydrogen (secondary N) is 1. The molecule has 7 heteroatoms. The molecule has 166 valence electrons. The molecule has 2 aromatic rings. The Labute approximate surface area is 184 Å². The van der Waals surface area contributed by atoms with E-state index in [4.69, 9.17) is 19.2 Å². The van der Waals surface area contributed by atoms with E-state index < -0.39 is 0 Å². The summed E-state index contributed by atoms with van der Waals surface area (Å²) in [5.74, 6) is 1.77. The van der Waals surface area contributed by atoms with E-state index in [0.717, 1.165) is 62.0 Å². The predicted octanol–water partition coefficient (Wildman–Crippen LogP) is 3.01. The van der Waals surface area contributed by atoms with Gasteiger partial charge >= 0.3 is 0 Å². The van der Waals surface area contributed by atoms with Crippen molar-refractivity contribution in [1.82, 2.24) is 15.2 Å². The molecule has 0 bridgehead atoms. The van der Waals surface area contributed by atoms with Crippen molar-refractivity contribution < 1.29 is 14.2 Å². The van der Waals surface area contributed by atoms with Crippen LogP contribution in [0.4, 0.5) is 0 Å². The maximum Gasteiger partial charge on any atom is 0.194 e. The summed E-state index contributed by atoms with van der Waals surface area (Å²) in [6.07, 6.45) is 4.32. The topological polar surface area (TPSA) is 68.2 Å². The molecule has 4 rings (SSSR count). The first-order valence-electron chi connectivity index (χ1n) is 11.2. The van der Waals surface area contributed by atoms with Crippen LogP contribution >= 0.6 is 0 Å². The highest BCUT2D eigenvalue weighted by molar-refractivity contribution is 5.80. The first-order valence-corrected chi connectivity index (χ1v) is 11.2. The third-order valence-corrected chi connectivity index (χ3v) is 5.56. The van der Waals surface area contributed by atoms with Gasteiger partial charge in [-0.2, -0.15) is 0 Å². The lowest BCUT2D eigenvalue weighted by molar-refractivity contribution is -0.0817. The van der Waals surface area contributed by atoms with Crippen LogP contribution in [0, 0.1) is 0 Å². The fraction of sp³-hybridized carbons (Fsp3) is 0.500. The quantitative estimate of drug-likeness (QED) is 0.544. The minimum atomic E-state index is 0.121. The highest BCUT2D eigenvalue weighted by Crippen LogP contribution is 2.21. The van der Waals surface area contributed by atoms with Gasteiger partial charge in [0.25, 0.3) is 0 Å². The Bertz CT molecular complexity index is 822. The number of nitrogens with zero attached hydrogens (tertiary/aromatic N) is 3. The van der Waals surface area contributed by atoms with Crippen LogP contribution in [0.25, 0.3) is 0 Å². The molecule has 0 spiro atoms. The van der Waals surface area contributed by atoms with Crippen molar-refractivity contribution in [3.63, 3.8) is 0 Å². The van der Waals surface area contributed by atoms with Gasteiger partial charge in [-0.25, -0.2) is 4.99 Å². The highest BCUT2D eigenvalue weighted by Gasteiger charge is 2.32. The summed E-state index contributed by atoms with van der Waals surface area (Å²) in [5, 5.41) is 3.43. The van der Waals surface area contributed by atoms with Crippen LogP contribution in [0.1, 0.15) is 31.0 Å². The fourth-order valence-electron chi connectivity index (χ4n) is 3.91. The summed E-state index contributed by atoms with van der Waals surface area (Å²) in [5.41, 5.74) is 2.06. The summed E-state index contributed by atoms with van der Waals surface area (Å²) in [6.45, 7) is 7.22.